The number of halogens is 1. The molecular weight excluding hydrogens is 310 g/mol. The average molecular weight is 332 g/mol. The van der Waals surface area contributed by atoms with E-state index in [1.54, 1.807) is 0 Å². The van der Waals surface area contributed by atoms with Gasteiger partial charge in [-0.25, -0.2) is 0 Å². The fraction of sp³-hybridized carbons (Fsp3) is 0.278. The van der Waals surface area contributed by atoms with E-state index in [1.807, 2.05) is 67.5 Å². The van der Waals surface area contributed by atoms with Gasteiger partial charge >= 0.3 is 0 Å². The number of rotatable bonds is 7. The summed E-state index contributed by atoms with van der Waals surface area (Å²) in [6.45, 7) is 0.858. The monoisotopic (exact) mass is 331 g/mol. The molecule has 1 amide bonds. The van der Waals surface area contributed by atoms with Crippen LogP contribution in [0, 0.1) is 0 Å². The number of hydrogen-bond donors (Lipinski definition) is 2. The normalized spacial score (nSPS) is 10.2. The summed E-state index contributed by atoms with van der Waals surface area (Å²) in [7, 11) is 3.99. The van der Waals surface area contributed by atoms with Gasteiger partial charge in [0.25, 0.3) is 0 Å². The zero-order chi connectivity index (χ0) is 16.7. The average Bonchev–Trinajstić information content (AvgIpc) is 2.53. The van der Waals surface area contributed by atoms with Crippen molar-refractivity contribution < 1.29 is 4.79 Å². The van der Waals surface area contributed by atoms with Gasteiger partial charge in [0, 0.05) is 37.0 Å². The molecule has 0 aliphatic rings. The number of nitrogens with zero attached hydrogens (tertiary/aromatic N) is 1. The fourth-order valence-electron chi connectivity index (χ4n) is 2.16. The van der Waals surface area contributed by atoms with Gasteiger partial charge in [0.15, 0.2) is 0 Å². The third-order valence-electron chi connectivity index (χ3n) is 3.46. The molecule has 0 heterocycles. The quantitative estimate of drug-likeness (QED) is 0.819. The molecule has 2 aromatic carbocycles. The zero-order valence-corrected chi connectivity index (χ0v) is 14.2. The summed E-state index contributed by atoms with van der Waals surface area (Å²) < 4.78 is 0. The van der Waals surface area contributed by atoms with Crippen LogP contribution in [0.3, 0.4) is 0 Å². The number of benzene rings is 2. The van der Waals surface area contributed by atoms with Crippen LogP contribution in [-0.2, 0) is 11.2 Å². The van der Waals surface area contributed by atoms with Crippen molar-refractivity contribution in [1.82, 2.24) is 5.32 Å². The number of hydrogen-bond acceptors (Lipinski definition) is 3. The van der Waals surface area contributed by atoms with Crippen molar-refractivity contribution in [2.24, 2.45) is 0 Å². The summed E-state index contributed by atoms with van der Waals surface area (Å²) in [4.78, 5) is 13.9. The van der Waals surface area contributed by atoms with Crippen molar-refractivity contribution in [3.63, 3.8) is 0 Å². The smallest absolute Gasteiger partial charge is 0.239 e. The van der Waals surface area contributed by atoms with Gasteiger partial charge < -0.3 is 15.5 Å². The summed E-state index contributed by atoms with van der Waals surface area (Å²) in [5, 5.41) is 6.73. The SMILES string of the molecule is CN(C)c1ccc(NCC(=O)NCCc2cccc(Cl)c2)cc1. The lowest BCUT2D eigenvalue weighted by Gasteiger charge is -2.13. The number of carbonyl (C=O) groups excluding carboxylic acids is 1. The molecule has 4 nitrogen and oxygen atoms in total. The third-order valence-corrected chi connectivity index (χ3v) is 3.70. The van der Waals surface area contributed by atoms with Crippen molar-refractivity contribution in [2.75, 3.05) is 37.4 Å². The number of nitrogens with one attached hydrogen (secondary N) is 2. The predicted molar refractivity (Wildman–Crippen MR) is 97.4 cm³/mol. The van der Waals surface area contributed by atoms with Crippen LogP contribution >= 0.6 is 11.6 Å². The lowest BCUT2D eigenvalue weighted by Crippen LogP contribution is -2.31. The summed E-state index contributed by atoms with van der Waals surface area (Å²) in [6, 6.07) is 15.6. The lowest BCUT2D eigenvalue weighted by atomic mass is 10.1. The highest BCUT2D eigenvalue weighted by Crippen LogP contribution is 2.15. The van der Waals surface area contributed by atoms with E-state index >= 15 is 0 Å². The minimum Gasteiger partial charge on any atom is -0.378 e. The van der Waals surface area contributed by atoms with Gasteiger partial charge in [-0.05, 0) is 48.4 Å². The molecule has 0 fully saturated rings. The third kappa shape index (κ3) is 5.83. The standard InChI is InChI=1S/C18H22ClN3O/c1-22(2)17-8-6-16(7-9-17)21-13-18(23)20-11-10-14-4-3-5-15(19)12-14/h3-9,12,21H,10-11,13H2,1-2H3,(H,20,23). The van der Waals surface area contributed by atoms with E-state index in [-0.39, 0.29) is 12.5 Å². The lowest BCUT2D eigenvalue weighted by molar-refractivity contribution is -0.119. The molecule has 0 spiro atoms. The maximum absolute atomic E-state index is 11.8. The minimum absolute atomic E-state index is 0.0243. The molecule has 2 aromatic rings. The molecular formula is C18H22ClN3O. The molecule has 0 aliphatic heterocycles. The highest BCUT2D eigenvalue weighted by Gasteiger charge is 2.02. The molecule has 0 bridgehead atoms. The van der Waals surface area contributed by atoms with Crippen LogP contribution in [0.5, 0.6) is 0 Å². The number of amides is 1. The van der Waals surface area contributed by atoms with Gasteiger partial charge in [-0.1, -0.05) is 23.7 Å². The first-order valence-corrected chi connectivity index (χ1v) is 7.95. The second kappa shape index (κ2) is 8.44. The molecule has 0 aliphatic carbocycles. The maximum Gasteiger partial charge on any atom is 0.239 e. The molecule has 0 saturated carbocycles. The van der Waals surface area contributed by atoms with Crippen LogP contribution in [-0.4, -0.2) is 33.1 Å². The van der Waals surface area contributed by atoms with Crippen LogP contribution in [0.25, 0.3) is 0 Å². The van der Waals surface area contributed by atoms with Crippen molar-refractivity contribution in [1.29, 1.82) is 0 Å². The fourth-order valence-corrected chi connectivity index (χ4v) is 2.37. The van der Waals surface area contributed by atoms with Crippen LogP contribution in [0.2, 0.25) is 5.02 Å². The molecule has 0 unspecified atom stereocenters. The molecule has 0 atom stereocenters. The van der Waals surface area contributed by atoms with E-state index in [0.717, 1.165) is 28.4 Å². The molecule has 5 heteroatoms. The topological polar surface area (TPSA) is 44.4 Å². The summed E-state index contributed by atoms with van der Waals surface area (Å²) >= 11 is 5.93. The number of anilines is 2. The molecule has 0 aromatic heterocycles. The number of carbonyl (C=O) groups is 1. The molecule has 2 rings (SSSR count). The molecule has 122 valence electrons. The summed E-state index contributed by atoms with van der Waals surface area (Å²) in [5.41, 5.74) is 3.17. The van der Waals surface area contributed by atoms with Gasteiger partial charge in [0.2, 0.25) is 5.91 Å². The van der Waals surface area contributed by atoms with Crippen molar-refractivity contribution in [3.8, 4) is 0 Å². The Balaban J connectivity index is 1.70. The Morgan fingerprint density at radius 3 is 2.52 bits per heavy atom. The Morgan fingerprint density at radius 2 is 1.87 bits per heavy atom. The first-order valence-electron chi connectivity index (χ1n) is 7.57. The highest BCUT2D eigenvalue weighted by atomic mass is 35.5. The van der Waals surface area contributed by atoms with E-state index in [4.69, 9.17) is 11.6 Å². The van der Waals surface area contributed by atoms with Crippen LogP contribution in [0.15, 0.2) is 48.5 Å². The largest absolute Gasteiger partial charge is 0.378 e. The molecule has 23 heavy (non-hydrogen) atoms. The summed E-state index contributed by atoms with van der Waals surface area (Å²) in [5.74, 6) is -0.0243. The molecule has 2 N–H and O–H groups in total. The second-order valence-electron chi connectivity index (χ2n) is 5.52. The van der Waals surface area contributed by atoms with E-state index in [1.165, 1.54) is 0 Å². The van der Waals surface area contributed by atoms with Crippen LogP contribution < -0.4 is 15.5 Å². The van der Waals surface area contributed by atoms with E-state index < -0.39 is 0 Å². The Labute approximate surface area is 142 Å². The summed E-state index contributed by atoms with van der Waals surface area (Å²) in [6.07, 6.45) is 0.768. The van der Waals surface area contributed by atoms with Gasteiger partial charge in [0.05, 0.1) is 6.54 Å². The van der Waals surface area contributed by atoms with Gasteiger partial charge in [-0.2, -0.15) is 0 Å². The van der Waals surface area contributed by atoms with Crippen molar-refractivity contribution in [2.45, 2.75) is 6.42 Å². The first-order chi connectivity index (χ1) is 11.0. The van der Waals surface area contributed by atoms with Gasteiger partial charge in [-0.15, -0.1) is 0 Å². The van der Waals surface area contributed by atoms with E-state index in [9.17, 15) is 4.79 Å². The van der Waals surface area contributed by atoms with Gasteiger partial charge in [0.1, 0.15) is 0 Å². The Morgan fingerprint density at radius 1 is 1.13 bits per heavy atom. The predicted octanol–water partition coefficient (Wildman–Crippen LogP) is 3.18. The Hall–Kier alpha value is -2.20. The maximum atomic E-state index is 11.8. The van der Waals surface area contributed by atoms with Gasteiger partial charge in [-0.3, -0.25) is 4.79 Å². The zero-order valence-electron chi connectivity index (χ0n) is 13.5. The second-order valence-corrected chi connectivity index (χ2v) is 5.96. The van der Waals surface area contributed by atoms with Crippen LogP contribution in [0.1, 0.15) is 5.56 Å². The highest BCUT2D eigenvalue weighted by molar-refractivity contribution is 6.30. The van der Waals surface area contributed by atoms with Crippen LogP contribution in [0.4, 0.5) is 11.4 Å². The van der Waals surface area contributed by atoms with Crippen molar-refractivity contribution >= 4 is 28.9 Å². The molecule has 0 radical (unpaired) electrons. The van der Waals surface area contributed by atoms with E-state index in [2.05, 4.69) is 10.6 Å². The minimum atomic E-state index is -0.0243. The van der Waals surface area contributed by atoms with E-state index in [0.29, 0.717) is 6.54 Å². The first kappa shape index (κ1) is 17.2. The molecule has 0 saturated heterocycles. The van der Waals surface area contributed by atoms with Crippen molar-refractivity contribution in [3.05, 3.63) is 59.1 Å². The Kier molecular flexibility index (Phi) is 6.29. The Bertz CT molecular complexity index is 641.